The van der Waals surface area contributed by atoms with E-state index in [9.17, 15) is 4.79 Å². The molecular formula is C16H27N5O. The number of hydrogen-bond donors (Lipinski definition) is 2. The summed E-state index contributed by atoms with van der Waals surface area (Å²) >= 11 is 0. The van der Waals surface area contributed by atoms with E-state index >= 15 is 0 Å². The number of amides is 1. The minimum absolute atomic E-state index is 0.0826. The van der Waals surface area contributed by atoms with Crippen LogP contribution in [-0.2, 0) is 11.8 Å². The van der Waals surface area contributed by atoms with Gasteiger partial charge < -0.3 is 5.32 Å². The second-order valence-corrected chi connectivity index (χ2v) is 6.70. The lowest BCUT2D eigenvalue weighted by atomic mass is 9.87. The van der Waals surface area contributed by atoms with Gasteiger partial charge in [0, 0.05) is 19.4 Å². The van der Waals surface area contributed by atoms with Crippen molar-refractivity contribution in [3.8, 4) is 0 Å². The summed E-state index contributed by atoms with van der Waals surface area (Å²) in [5, 5.41) is 10.8. The molecule has 1 saturated heterocycles. The Labute approximate surface area is 132 Å². The molecule has 6 heteroatoms. The fourth-order valence-electron chi connectivity index (χ4n) is 3.60. The van der Waals surface area contributed by atoms with Gasteiger partial charge in [-0.05, 0) is 44.7 Å². The third-order valence-electron chi connectivity index (χ3n) is 4.93. The lowest BCUT2D eigenvalue weighted by Gasteiger charge is -2.20. The summed E-state index contributed by atoms with van der Waals surface area (Å²) in [6.45, 7) is 2.04. The minimum Gasteiger partial charge on any atom is -0.317 e. The number of hydrogen-bond acceptors (Lipinski definition) is 4. The molecule has 2 heterocycles. The number of carbonyl (C=O) groups excluding carboxylic acids is 1. The van der Waals surface area contributed by atoms with Gasteiger partial charge in [0.1, 0.15) is 0 Å². The highest BCUT2D eigenvalue weighted by molar-refractivity contribution is 5.89. The van der Waals surface area contributed by atoms with Crippen LogP contribution >= 0.6 is 0 Å². The number of carbonyl (C=O) groups is 1. The first-order valence-corrected chi connectivity index (χ1v) is 8.64. The zero-order valence-corrected chi connectivity index (χ0v) is 13.5. The summed E-state index contributed by atoms with van der Waals surface area (Å²) in [5.74, 6) is 2.51. The third kappa shape index (κ3) is 3.85. The molecular weight excluding hydrogens is 278 g/mol. The Morgan fingerprint density at radius 1 is 1.23 bits per heavy atom. The molecule has 22 heavy (non-hydrogen) atoms. The number of rotatable bonds is 4. The average Bonchev–Trinajstić information content (AvgIpc) is 2.90. The van der Waals surface area contributed by atoms with Gasteiger partial charge in [-0.2, -0.15) is 10.1 Å². The monoisotopic (exact) mass is 305 g/mol. The second-order valence-electron chi connectivity index (χ2n) is 6.70. The zero-order chi connectivity index (χ0) is 15.4. The Kier molecular flexibility index (Phi) is 5.08. The first-order chi connectivity index (χ1) is 10.7. The number of anilines is 1. The van der Waals surface area contributed by atoms with Crippen LogP contribution in [0.4, 0.5) is 5.95 Å². The average molecular weight is 305 g/mol. The van der Waals surface area contributed by atoms with Crippen LogP contribution in [-0.4, -0.2) is 33.8 Å². The van der Waals surface area contributed by atoms with Gasteiger partial charge in [0.05, 0.1) is 0 Å². The van der Waals surface area contributed by atoms with E-state index in [-0.39, 0.29) is 5.91 Å². The van der Waals surface area contributed by atoms with E-state index in [0.717, 1.165) is 31.8 Å². The van der Waals surface area contributed by atoms with Crippen LogP contribution in [0.25, 0.3) is 0 Å². The molecule has 0 unspecified atom stereocenters. The summed E-state index contributed by atoms with van der Waals surface area (Å²) in [6, 6.07) is 0. The number of nitrogens with zero attached hydrogens (tertiary/aromatic N) is 3. The number of aryl methyl sites for hydroxylation is 1. The lowest BCUT2D eigenvalue weighted by Crippen LogP contribution is -2.27. The van der Waals surface area contributed by atoms with Crippen molar-refractivity contribution in [2.45, 2.75) is 57.3 Å². The normalized spacial score (nSPS) is 21.0. The molecule has 1 amide bonds. The van der Waals surface area contributed by atoms with Crippen molar-refractivity contribution in [2.75, 3.05) is 18.4 Å². The van der Waals surface area contributed by atoms with E-state index in [1.54, 1.807) is 4.68 Å². The van der Waals surface area contributed by atoms with E-state index in [1.807, 2.05) is 7.05 Å². The molecule has 0 aromatic carbocycles. The number of aromatic nitrogens is 3. The first kappa shape index (κ1) is 15.5. The Morgan fingerprint density at radius 2 is 1.95 bits per heavy atom. The van der Waals surface area contributed by atoms with Gasteiger partial charge in [-0.15, -0.1) is 0 Å². The highest BCUT2D eigenvalue weighted by Gasteiger charge is 2.22. The quantitative estimate of drug-likeness (QED) is 0.894. The van der Waals surface area contributed by atoms with Crippen LogP contribution in [0.15, 0.2) is 0 Å². The van der Waals surface area contributed by atoms with Gasteiger partial charge in [-0.3, -0.25) is 10.1 Å². The van der Waals surface area contributed by atoms with Crippen molar-refractivity contribution in [3.05, 3.63) is 5.82 Å². The molecule has 1 aliphatic heterocycles. The molecule has 1 saturated carbocycles. The maximum Gasteiger partial charge on any atom is 0.227 e. The summed E-state index contributed by atoms with van der Waals surface area (Å²) in [6.07, 6.45) is 8.98. The van der Waals surface area contributed by atoms with E-state index < -0.39 is 0 Å². The summed E-state index contributed by atoms with van der Waals surface area (Å²) in [7, 11) is 1.85. The van der Waals surface area contributed by atoms with E-state index in [2.05, 4.69) is 20.7 Å². The smallest absolute Gasteiger partial charge is 0.227 e. The Hall–Kier alpha value is -1.43. The molecule has 3 rings (SSSR count). The van der Waals surface area contributed by atoms with Gasteiger partial charge in [0.15, 0.2) is 5.82 Å². The molecule has 1 aromatic heterocycles. The molecule has 0 bridgehead atoms. The molecule has 122 valence electrons. The van der Waals surface area contributed by atoms with Crippen molar-refractivity contribution in [3.63, 3.8) is 0 Å². The third-order valence-corrected chi connectivity index (χ3v) is 4.93. The second kappa shape index (κ2) is 7.22. The van der Waals surface area contributed by atoms with Crippen LogP contribution in [0.2, 0.25) is 0 Å². The topological polar surface area (TPSA) is 71.8 Å². The van der Waals surface area contributed by atoms with E-state index in [1.165, 1.54) is 32.1 Å². The lowest BCUT2D eigenvalue weighted by molar-refractivity contribution is -0.117. The highest BCUT2D eigenvalue weighted by atomic mass is 16.1. The molecule has 1 aliphatic carbocycles. The Bertz CT molecular complexity index is 501. The summed E-state index contributed by atoms with van der Waals surface area (Å²) < 4.78 is 1.70. The van der Waals surface area contributed by atoms with Crippen LogP contribution in [0.1, 0.15) is 63.1 Å². The van der Waals surface area contributed by atoms with Crippen LogP contribution in [0, 0.1) is 5.92 Å². The van der Waals surface area contributed by atoms with Crippen molar-refractivity contribution in [2.24, 2.45) is 13.0 Å². The van der Waals surface area contributed by atoms with Crippen molar-refractivity contribution >= 4 is 11.9 Å². The summed E-state index contributed by atoms with van der Waals surface area (Å²) in [4.78, 5) is 16.8. The van der Waals surface area contributed by atoms with Crippen molar-refractivity contribution in [1.82, 2.24) is 20.1 Å². The zero-order valence-electron chi connectivity index (χ0n) is 13.5. The maximum absolute atomic E-state index is 12.2. The molecule has 1 aromatic rings. The summed E-state index contributed by atoms with van der Waals surface area (Å²) in [5.41, 5.74) is 0. The van der Waals surface area contributed by atoms with Gasteiger partial charge in [0.25, 0.3) is 0 Å². The number of nitrogens with one attached hydrogen (secondary N) is 2. The Morgan fingerprint density at radius 3 is 2.68 bits per heavy atom. The van der Waals surface area contributed by atoms with Gasteiger partial charge in [-0.1, -0.05) is 19.3 Å². The van der Waals surface area contributed by atoms with E-state index in [0.29, 0.717) is 24.2 Å². The van der Waals surface area contributed by atoms with Gasteiger partial charge in [0.2, 0.25) is 11.9 Å². The maximum atomic E-state index is 12.2. The molecule has 6 nitrogen and oxygen atoms in total. The molecule has 0 radical (unpaired) electrons. The van der Waals surface area contributed by atoms with Gasteiger partial charge in [-0.25, -0.2) is 4.68 Å². The highest BCUT2D eigenvalue weighted by Crippen LogP contribution is 2.27. The largest absolute Gasteiger partial charge is 0.317 e. The van der Waals surface area contributed by atoms with Gasteiger partial charge >= 0.3 is 0 Å². The van der Waals surface area contributed by atoms with E-state index in [4.69, 9.17) is 0 Å². The fraction of sp³-hybridized carbons (Fsp3) is 0.812. The van der Waals surface area contributed by atoms with Crippen LogP contribution < -0.4 is 10.6 Å². The standard InChI is InChI=1S/C16H27N5O/c1-21-16(18-14(22)11-12-5-3-2-4-6-12)19-15(20-21)13-7-9-17-10-8-13/h12-13,17H,2-11H2,1H3,(H,18,19,20,22). The number of piperidine rings is 1. The molecule has 2 aliphatic rings. The molecule has 0 spiro atoms. The van der Waals surface area contributed by atoms with Crippen molar-refractivity contribution < 1.29 is 4.79 Å². The van der Waals surface area contributed by atoms with Crippen LogP contribution in [0.3, 0.4) is 0 Å². The molecule has 2 N–H and O–H groups in total. The Balaban J connectivity index is 1.57. The molecule has 0 atom stereocenters. The minimum atomic E-state index is 0.0826. The molecule has 2 fully saturated rings. The van der Waals surface area contributed by atoms with Crippen molar-refractivity contribution in [1.29, 1.82) is 0 Å². The van der Waals surface area contributed by atoms with Crippen LogP contribution in [0.5, 0.6) is 0 Å². The fourth-order valence-corrected chi connectivity index (χ4v) is 3.60. The first-order valence-electron chi connectivity index (χ1n) is 8.64. The SMILES string of the molecule is Cn1nc(C2CCNCC2)nc1NC(=O)CC1CCCCC1. The predicted octanol–water partition coefficient (Wildman–Crippen LogP) is 2.19. The predicted molar refractivity (Wildman–Crippen MR) is 85.7 cm³/mol.